The Morgan fingerprint density at radius 3 is 2.60 bits per heavy atom. The second kappa shape index (κ2) is 9.72. The number of para-hydroxylation sites is 1. The Morgan fingerprint density at radius 2 is 1.90 bits per heavy atom. The van der Waals surface area contributed by atoms with Crippen LogP contribution in [0.1, 0.15) is 33.5 Å². The number of rotatable bonds is 5. The Balaban J connectivity index is 1.74. The highest BCUT2D eigenvalue weighted by Gasteiger charge is 2.22. The fourth-order valence-electron chi connectivity index (χ4n) is 3.02. The number of hydrogen-bond acceptors (Lipinski definition) is 7. The quantitative estimate of drug-likeness (QED) is 0.555. The molecule has 3 rings (SSSR count). The number of aromatic nitrogens is 2. The van der Waals surface area contributed by atoms with Crippen molar-refractivity contribution < 1.29 is 14.3 Å². The van der Waals surface area contributed by atoms with Gasteiger partial charge in [-0.05, 0) is 33.8 Å². The third-order valence-electron chi connectivity index (χ3n) is 4.47. The van der Waals surface area contributed by atoms with Gasteiger partial charge >= 0.3 is 6.03 Å². The van der Waals surface area contributed by atoms with Crippen molar-refractivity contribution in [3.05, 3.63) is 30.1 Å². The predicted molar refractivity (Wildman–Crippen MR) is 117 cm³/mol. The summed E-state index contributed by atoms with van der Waals surface area (Å²) < 4.78 is 5.41. The lowest BCUT2D eigenvalue weighted by Gasteiger charge is -2.26. The van der Waals surface area contributed by atoms with Gasteiger partial charge in [0, 0.05) is 24.0 Å². The van der Waals surface area contributed by atoms with Crippen LogP contribution in [-0.2, 0) is 16.1 Å². The highest BCUT2D eigenvalue weighted by Crippen LogP contribution is 2.29. The largest absolute Gasteiger partial charge is 0.379 e. The number of nitrogens with one attached hydrogen (secondary N) is 2. The average molecular weight is 432 g/mol. The third kappa shape index (κ3) is 6.38. The molecule has 1 aliphatic rings. The van der Waals surface area contributed by atoms with Crippen molar-refractivity contribution in [3.63, 3.8) is 0 Å². The van der Waals surface area contributed by atoms with Gasteiger partial charge < -0.3 is 10.1 Å². The van der Waals surface area contributed by atoms with Gasteiger partial charge in [-0.3, -0.25) is 15.0 Å². The van der Waals surface area contributed by atoms with Gasteiger partial charge in [0.05, 0.1) is 30.5 Å². The number of fused-ring (bicyclic) bond motifs is 1. The molecule has 162 valence electrons. The Labute approximate surface area is 181 Å². The normalized spacial score (nSPS) is 16.3. The second-order valence-electron chi connectivity index (χ2n) is 8.30. The standard InChI is InChI=1S/C21H29N5O3S/c1-14(18(27)24-20(28)25-21(2,3)4)30-19-15-7-5-6-8-16(15)22-17(23-19)13-26-9-11-29-12-10-26/h5-8,14H,9-13H2,1-4H3,(H2,24,25,27,28)/t14-/m0/s1. The number of carbonyl (C=O) groups excluding carboxylic acids is 2. The molecule has 0 unspecified atom stereocenters. The molecule has 1 aromatic carbocycles. The molecular weight excluding hydrogens is 402 g/mol. The molecule has 0 spiro atoms. The molecule has 9 heteroatoms. The summed E-state index contributed by atoms with van der Waals surface area (Å²) in [7, 11) is 0. The summed E-state index contributed by atoms with van der Waals surface area (Å²) in [5.41, 5.74) is 0.425. The minimum Gasteiger partial charge on any atom is -0.379 e. The van der Waals surface area contributed by atoms with Gasteiger partial charge in [-0.15, -0.1) is 0 Å². The van der Waals surface area contributed by atoms with Crippen molar-refractivity contribution in [2.45, 2.75) is 50.1 Å². The van der Waals surface area contributed by atoms with Crippen molar-refractivity contribution in [1.82, 2.24) is 25.5 Å². The van der Waals surface area contributed by atoms with Crippen LogP contribution in [0.5, 0.6) is 0 Å². The molecule has 8 nitrogen and oxygen atoms in total. The van der Waals surface area contributed by atoms with Gasteiger partial charge in [0.25, 0.3) is 0 Å². The van der Waals surface area contributed by atoms with Gasteiger partial charge in [0.15, 0.2) is 0 Å². The fraction of sp³-hybridized carbons (Fsp3) is 0.524. The molecule has 3 amide bonds. The van der Waals surface area contributed by atoms with E-state index in [4.69, 9.17) is 14.7 Å². The Morgan fingerprint density at radius 1 is 1.20 bits per heavy atom. The van der Waals surface area contributed by atoms with Crippen molar-refractivity contribution >= 4 is 34.6 Å². The van der Waals surface area contributed by atoms with E-state index in [1.165, 1.54) is 11.8 Å². The van der Waals surface area contributed by atoms with Crippen LogP contribution in [0, 0.1) is 0 Å². The number of amides is 3. The monoisotopic (exact) mass is 431 g/mol. The minimum atomic E-state index is -0.500. The van der Waals surface area contributed by atoms with Crippen LogP contribution in [0.25, 0.3) is 10.9 Å². The molecule has 0 aliphatic carbocycles. The maximum atomic E-state index is 12.5. The Hall–Kier alpha value is -2.23. The summed E-state index contributed by atoms with van der Waals surface area (Å²) in [6.45, 7) is 11.1. The van der Waals surface area contributed by atoms with Gasteiger partial charge in [0.1, 0.15) is 10.9 Å². The molecule has 1 aliphatic heterocycles. The zero-order valence-electron chi connectivity index (χ0n) is 17.9. The number of carbonyl (C=O) groups is 2. The van der Waals surface area contributed by atoms with Crippen molar-refractivity contribution in [2.24, 2.45) is 0 Å². The predicted octanol–water partition coefficient (Wildman–Crippen LogP) is 2.57. The van der Waals surface area contributed by atoms with E-state index in [-0.39, 0.29) is 5.91 Å². The van der Waals surface area contributed by atoms with E-state index in [0.29, 0.717) is 19.8 Å². The number of benzene rings is 1. The van der Waals surface area contributed by atoms with E-state index in [9.17, 15) is 9.59 Å². The first-order valence-electron chi connectivity index (χ1n) is 10.1. The van der Waals surface area contributed by atoms with Crippen molar-refractivity contribution in [2.75, 3.05) is 26.3 Å². The summed E-state index contributed by atoms with van der Waals surface area (Å²) >= 11 is 1.33. The van der Waals surface area contributed by atoms with Gasteiger partial charge in [-0.25, -0.2) is 14.8 Å². The molecule has 2 heterocycles. The molecule has 0 bridgehead atoms. The highest BCUT2D eigenvalue weighted by molar-refractivity contribution is 8.00. The van der Waals surface area contributed by atoms with E-state index >= 15 is 0 Å². The van der Waals surface area contributed by atoms with Crippen LogP contribution >= 0.6 is 11.8 Å². The van der Waals surface area contributed by atoms with E-state index < -0.39 is 16.8 Å². The molecule has 1 atom stereocenters. The number of thioether (sulfide) groups is 1. The zero-order valence-corrected chi connectivity index (χ0v) is 18.7. The number of imide groups is 1. The molecule has 0 saturated carbocycles. The number of urea groups is 1. The molecular formula is C21H29N5O3S. The molecule has 2 aromatic rings. The first-order valence-corrected chi connectivity index (χ1v) is 10.9. The zero-order chi connectivity index (χ0) is 21.7. The SMILES string of the molecule is C[C@H](Sc1nc(CN2CCOCC2)nc2ccccc12)C(=O)NC(=O)NC(C)(C)C. The van der Waals surface area contributed by atoms with Crippen LogP contribution in [0.4, 0.5) is 4.79 Å². The lowest BCUT2D eigenvalue weighted by molar-refractivity contribution is -0.119. The lowest BCUT2D eigenvalue weighted by atomic mass is 10.1. The average Bonchev–Trinajstić information content (AvgIpc) is 2.67. The molecule has 30 heavy (non-hydrogen) atoms. The van der Waals surface area contributed by atoms with Crippen molar-refractivity contribution in [1.29, 1.82) is 0 Å². The molecule has 2 N–H and O–H groups in total. The smallest absolute Gasteiger partial charge is 0.321 e. The van der Waals surface area contributed by atoms with Gasteiger partial charge in [0.2, 0.25) is 5.91 Å². The van der Waals surface area contributed by atoms with Gasteiger partial charge in [-0.2, -0.15) is 0 Å². The number of hydrogen-bond donors (Lipinski definition) is 2. The number of ether oxygens (including phenoxy) is 1. The number of nitrogens with zero attached hydrogens (tertiary/aromatic N) is 3. The van der Waals surface area contributed by atoms with Crippen LogP contribution in [0.15, 0.2) is 29.3 Å². The van der Waals surface area contributed by atoms with Crippen LogP contribution in [-0.4, -0.2) is 63.9 Å². The van der Waals surface area contributed by atoms with E-state index in [2.05, 4.69) is 15.5 Å². The first-order chi connectivity index (χ1) is 14.2. The maximum Gasteiger partial charge on any atom is 0.321 e. The van der Waals surface area contributed by atoms with Crippen LogP contribution in [0.2, 0.25) is 0 Å². The van der Waals surface area contributed by atoms with E-state index in [1.54, 1.807) is 6.92 Å². The van der Waals surface area contributed by atoms with Gasteiger partial charge in [-0.1, -0.05) is 30.0 Å². The first kappa shape index (κ1) is 22.5. The lowest BCUT2D eigenvalue weighted by Crippen LogP contribution is -2.49. The van der Waals surface area contributed by atoms with E-state index in [1.807, 2.05) is 45.0 Å². The second-order valence-corrected chi connectivity index (χ2v) is 9.63. The summed E-state index contributed by atoms with van der Waals surface area (Å²) in [4.78, 5) is 36.2. The third-order valence-corrected chi connectivity index (χ3v) is 5.57. The highest BCUT2D eigenvalue weighted by atomic mass is 32.2. The minimum absolute atomic E-state index is 0.362. The molecule has 1 fully saturated rings. The van der Waals surface area contributed by atoms with Crippen LogP contribution in [0.3, 0.4) is 0 Å². The maximum absolute atomic E-state index is 12.5. The fourth-order valence-corrected chi connectivity index (χ4v) is 3.98. The summed E-state index contributed by atoms with van der Waals surface area (Å²) in [6.07, 6.45) is 0. The van der Waals surface area contributed by atoms with E-state index in [0.717, 1.165) is 34.8 Å². The summed E-state index contributed by atoms with van der Waals surface area (Å²) in [6, 6.07) is 7.27. The van der Waals surface area contributed by atoms with Crippen LogP contribution < -0.4 is 10.6 Å². The Kier molecular flexibility index (Phi) is 7.27. The number of morpholine rings is 1. The summed E-state index contributed by atoms with van der Waals surface area (Å²) in [5.74, 6) is 0.357. The topological polar surface area (TPSA) is 96.4 Å². The molecule has 0 radical (unpaired) electrons. The van der Waals surface area contributed by atoms with Crippen molar-refractivity contribution in [3.8, 4) is 0 Å². The molecule has 1 aromatic heterocycles. The summed E-state index contributed by atoms with van der Waals surface area (Å²) in [5, 5.41) is 6.28. The Bertz CT molecular complexity index is 909. The molecule has 1 saturated heterocycles.